The zero-order valence-electron chi connectivity index (χ0n) is 19.2. The van der Waals surface area contributed by atoms with Crippen LogP contribution in [0.4, 0.5) is 0 Å². The van der Waals surface area contributed by atoms with Gasteiger partial charge < -0.3 is 15.0 Å². The van der Waals surface area contributed by atoms with Gasteiger partial charge in [-0.05, 0) is 60.4 Å². The van der Waals surface area contributed by atoms with E-state index in [-0.39, 0.29) is 18.4 Å². The summed E-state index contributed by atoms with van der Waals surface area (Å²) in [5.74, 6) is 0.172. The van der Waals surface area contributed by atoms with Crippen LogP contribution >= 0.6 is 15.9 Å². The maximum absolute atomic E-state index is 13.4. The molecule has 0 fully saturated rings. The molecule has 0 aliphatic carbocycles. The Balaban J connectivity index is 1.86. The lowest BCUT2D eigenvalue weighted by molar-refractivity contribution is -0.142. The van der Waals surface area contributed by atoms with Gasteiger partial charge in [0.05, 0.1) is 0 Å². The number of halogens is 1. The average molecular weight is 509 g/mol. The fourth-order valence-electron chi connectivity index (χ4n) is 3.54. The molecule has 0 aliphatic rings. The third-order valence-electron chi connectivity index (χ3n) is 5.62. The minimum absolute atomic E-state index is 0.151. The number of hydrogen-bond donors (Lipinski definition) is 1. The highest BCUT2D eigenvalue weighted by molar-refractivity contribution is 9.10. The second kappa shape index (κ2) is 11.7. The van der Waals surface area contributed by atoms with Crippen molar-refractivity contribution in [2.45, 2.75) is 32.9 Å². The van der Waals surface area contributed by atoms with Crippen molar-refractivity contribution in [3.8, 4) is 5.75 Å². The van der Waals surface area contributed by atoms with Gasteiger partial charge in [0, 0.05) is 24.5 Å². The zero-order valence-corrected chi connectivity index (χ0v) is 20.8. The zero-order chi connectivity index (χ0) is 23.8. The van der Waals surface area contributed by atoms with E-state index in [2.05, 4.69) is 21.2 Å². The first kappa shape index (κ1) is 24.5. The van der Waals surface area contributed by atoms with Gasteiger partial charge in [-0.2, -0.15) is 0 Å². The summed E-state index contributed by atoms with van der Waals surface area (Å²) in [5.41, 5.74) is 4.17. The van der Waals surface area contributed by atoms with E-state index in [0.717, 1.165) is 26.7 Å². The number of aryl methyl sites for hydroxylation is 2. The molecular formula is C27H29BrN2O3. The van der Waals surface area contributed by atoms with Gasteiger partial charge in [-0.15, -0.1) is 0 Å². The molecule has 2 amide bonds. The first-order valence-electron chi connectivity index (χ1n) is 10.9. The lowest BCUT2D eigenvalue weighted by Crippen LogP contribution is -2.51. The van der Waals surface area contributed by atoms with Gasteiger partial charge in [0.1, 0.15) is 11.8 Å². The van der Waals surface area contributed by atoms with Crippen LogP contribution in [0.5, 0.6) is 5.75 Å². The Hall–Kier alpha value is -3.12. The van der Waals surface area contributed by atoms with E-state index in [9.17, 15) is 9.59 Å². The van der Waals surface area contributed by atoms with Crippen LogP contribution in [-0.2, 0) is 22.6 Å². The standard InChI is InChI=1S/C27H29BrN2O3/c1-19-9-14-24(15-20(19)2)33-18-26(31)30(17-22-10-12-23(28)13-11-22)25(27(32)29-3)16-21-7-5-4-6-8-21/h4-15,25H,16-18H2,1-3H3,(H,29,32). The Morgan fingerprint density at radius 1 is 0.939 bits per heavy atom. The van der Waals surface area contributed by atoms with E-state index in [4.69, 9.17) is 4.74 Å². The quantitative estimate of drug-likeness (QED) is 0.450. The molecule has 3 aromatic carbocycles. The first-order chi connectivity index (χ1) is 15.9. The molecular weight excluding hydrogens is 480 g/mol. The number of rotatable bonds is 9. The molecule has 1 atom stereocenters. The van der Waals surface area contributed by atoms with E-state index in [0.29, 0.717) is 18.7 Å². The van der Waals surface area contributed by atoms with Crippen LogP contribution < -0.4 is 10.1 Å². The van der Waals surface area contributed by atoms with E-state index in [1.54, 1.807) is 11.9 Å². The number of carbonyl (C=O) groups is 2. The van der Waals surface area contributed by atoms with E-state index < -0.39 is 6.04 Å². The fourth-order valence-corrected chi connectivity index (χ4v) is 3.80. The van der Waals surface area contributed by atoms with Gasteiger partial charge >= 0.3 is 0 Å². The molecule has 0 saturated carbocycles. The Morgan fingerprint density at radius 3 is 2.27 bits per heavy atom. The summed E-state index contributed by atoms with van der Waals surface area (Å²) in [7, 11) is 1.59. The van der Waals surface area contributed by atoms with Crippen molar-refractivity contribution >= 4 is 27.7 Å². The Bertz CT molecular complexity index is 1080. The third kappa shape index (κ3) is 6.93. The number of nitrogens with zero attached hydrogens (tertiary/aromatic N) is 1. The lowest BCUT2D eigenvalue weighted by Gasteiger charge is -2.31. The Kier molecular flexibility index (Phi) is 8.66. The minimum Gasteiger partial charge on any atom is -0.484 e. The van der Waals surface area contributed by atoms with Crippen LogP contribution in [0, 0.1) is 13.8 Å². The van der Waals surface area contributed by atoms with Crippen LogP contribution in [0.25, 0.3) is 0 Å². The molecule has 1 unspecified atom stereocenters. The van der Waals surface area contributed by atoms with Crippen molar-refractivity contribution in [1.82, 2.24) is 10.2 Å². The van der Waals surface area contributed by atoms with Crippen molar-refractivity contribution in [2.75, 3.05) is 13.7 Å². The molecule has 0 radical (unpaired) electrons. The van der Waals surface area contributed by atoms with Crippen LogP contribution in [0.15, 0.2) is 77.3 Å². The molecule has 3 aromatic rings. The predicted octanol–water partition coefficient (Wildman–Crippen LogP) is 4.83. The Labute approximate surface area is 203 Å². The lowest BCUT2D eigenvalue weighted by atomic mass is 10.0. The number of likely N-dealkylation sites (N-methyl/N-ethyl adjacent to an activating group) is 1. The summed E-state index contributed by atoms with van der Waals surface area (Å²) in [4.78, 5) is 27.9. The number of amides is 2. The molecule has 3 rings (SSSR count). The number of nitrogens with one attached hydrogen (secondary N) is 1. The smallest absolute Gasteiger partial charge is 0.261 e. The second-order valence-electron chi connectivity index (χ2n) is 8.00. The largest absolute Gasteiger partial charge is 0.484 e. The SMILES string of the molecule is CNC(=O)C(Cc1ccccc1)N(Cc1ccc(Br)cc1)C(=O)COc1ccc(C)c(C)c1. The van der Waals surface area contributed by atoms with Gasteiger partial charge in [-0.1, -0.05) is 64.5 Å². The third-order valence-corrected chi connectivity index (χ3v) is 6.15. The van der Waals surface area contributed by atoms with Crippen molar-refractivity contribution in [3.63, 3.8) is 0 Å². The topological polar surface area (TPSA) is 58.6 Å². The van der Waals surface area contributed by atoms with Crippen LogP contribution in [0.1, 0.15) is 22.3 Å². The summed E-state index contributed by atoms with van der Waals surface area (Å²) >= 11 is 3.45. The summed E-state index contributed by atoms with van der Waals surface area (Å²) < 4.78 is 6.78. The number of ether oxygens (including phenoxy) is 1. The average Bonchev–Trinajstić information content (AvgIpc) is 2.83. The second-order valence-corrected chi connectivity index (χ2v) is 8.92. The monoisotopic (exact) mass is 508 g/mol. The predicted molar refractivity (Wildman–Crippen MR) is 134 cm³/mol. The molecule has 6 heteroatoms. The summed E-state index contributed by atoms with van der Waals surface area (Å²) in [5, 5.41) is 2.72. The van der Waals surface area contributed by atoms with Gasteiger partial charge in [-0.25, -0.2) is 0 Å². The minimum atomic E-state index is -0.670. The summed E-state index contributed by atoms with van der Waals surface area (Å²) in [6.07, 6.45) is 0.409. The molecule has 0 aliphatic heterocycles. The van der Waals surface area contributed by atoms with E-state index >= 15 is 0 Å². The van der Waals surface area contributed by atoms with Crippen LogP contribution in [0.2, 0.25) is 0 Å². The molecule has 0 spiro atoms. The van der Waals surface area contributed by atoms with E-state index in [1.165, 1.54) is 0 Å². The maximum atomic E-state index is 13.4. The van der Waals surface area contributed by atoms with Crippen molar-refractivity contribution in [3.05, 3.63) is 99.5 Å². The van der Waals surface area contributed by atoms with Gasteiger partial charge in [0.2, 0.25) is 5.91 Å². The maximum Gasteiger partial charge on any atom is 0.261 e. The highest BCUT2D eigenvalue weighted by Gasteiger charge is 2.30. The summed E-state index contributed by atoms with van der Waals surface area (Å²) in [6, 6.07) is 22.5. The van der Waals surface area contributed by atoms with Gasteiger partial charge in [-0.3, -0.25) is 9.59 Å². The van der Waals surface area contributed by atoms with Crippen molar-refractivity contribution < 1.29 is 14.3 Å². The number of hydrogen-bond acceptors (Lipinski definition) is 3. The van der Waals surface area contributed by atoms with Crippen molar-refractivity contribution in [2.24, 2.45) is 0 Å². The van der Waals surface area contributed by atoms with Crippen LogP contribution in [0.3, 0.4) is 0 Å². The van der Waals surface area contributed by atoms with E-state index in [1.807, 2.05) is 86.6 Å². The molecule has 5 nitrogen and oxygen atoms in total. The molecule has 33 heavy (non-hydrogen) atoms. The molecule has 1 N–H and O–H groups in total. The highest BCUT2D eigenvalue weighted by atomic mass is 79.9. The molecule has 0 bridgehead atoms. The normalized spacial score (nSPS) is 11.5. The Morgan fingerprint density at radius 2 is 1.64 bits per heavy atom. The number of benzene rings is 3. The molecule has 172 valence electrons. The number of carbonyl (C=O) groups excluding carboxylic acids is 2. The molecule has 0 saturated heterocycles. The van der Waals surface area contributed by atoms with Gasteiger partial charge in [0.15, 0.2) is 6.61 Å². The van der Waals surface area contributed by atoms with Crippen molar-refractivity contribution in [1.29, 1.82) is 0 Å². The van der Waals surface area contributed by atoms with Crippen LogP contribution in [-0.4, -0.2) is 36.4 Å². The first-order valence-corrected chi connectivity index (χ1v) is 11.7. The van der Waals surface area contributed by atoms with Gasteiger partial charge in [0.25, 0.3) is 5.91 Å². The molecule has 0 heterocycles. The summed E-state index contributed by atoms with van der Waals surface area (Å²) in [6.45, 7) is 4.18. The fraction of sp³-hybridized carbons (Fsp3) is 0.259. The highest BCUT2D eigenvalue weighted by Crippen LogP contribution is 2.19. The molecule has 0 aromatic heterocycles.